The summed E-state index contributed by atoms with van der Waals surface area (Å²) < 4.78 is 19.2. The second-order valence-corrected chi connectivity index (χ2v) is 6.49. The molecule has 0 fully saturated rings. The van der Waals surface area contributed by atoms with Gasteiger partial charge in [-0.3, -0.25) is 0 Å². The van der Waals surface area contributed by atoms with Crippen molar-refractivity contribution >= 4 is 22.3 Å². The number of hydrogen-bond donors (Lipinski definition) is 1. The maximum absolute atomic E-state index is 13.3. The molecule has 1 unspecified atom stereocenters. The number of benzene rings is 1. The molecule has 2 nitrogen and oxygen atoms in total. The van der Waals surface area contributed by atoms with Crippen molar-refractivity contribution < 1.29 is 8.81 Å². The minimum absolute atomic E-state index is 0.0270. The van der Waals surface area contributed by atoms with Gasteiger partial charge >= 0.3 is 0 Å². The molecule has 4 heteroatoms. The van der Waals surface area contributed by atoms with E-state index in [9.17, 15) is 4.39 Å². The molecule has 0 saturated carbocycles. The predicted octanol–water partition coefficient (Wildman–Crippen LogP) is 5.03. The number of thiophene rings is 1. The Morgan fingerprint density at radius 1 is 1.24 bits per heavy atom. The molecule has 0 aliphatic carbocycles. The Bertz CT molecular complexity index is 746. The van der Waals surface area contributed by atoms with Crippen molar-refractivity contribution in [3.8, 4) is 0 Å². The van der Waals surface area contributed by atoms with Crippen molar-refractivity contribution in [1.82, 2.24) is 5.32 Å². The summed E-state index contributed by atoms with van der Waals surface area (Å²) in [4.78, 5) is 2.50. The first-order chi connectivity index (χ1) is 10.2. The van der Waals surface area contributed by atoms with Gasteiger partial charge in [-0.25, -0.2) is 4.39 Å². The highest BCUT2D eigenvalue weighted by atomic mass is 32.1. The number of hydrogen-bond acceptors (Lipinski definition) is 3. The number of fused-ring (bicyclic) bond motifs is 1. The molecule has 1 atom stereocenters. The summed E-state index contributed by atoms with van der Waals surface area (Å²) in [6, 6.07) is 10.8. The van der Waals surface area contributed by atoms with E-state index in [2.05, 4.69) is 31.3 Å². The predicted molar refractivity (Wildman–Crippen MR) is 85.4 cm³/mol. The van der Waals surface area contributed by atoms with Gasteiger partial charge in [0.25, 0.3) is 0 Å². The number of nitrogens with one attached hydrogen (secondary N) is 1. The standard InChI is InChI=1S/C17H18FNOS/c1-3-8-19-17(16-7-4-11(2)21-16)15-10-12-9-13(18)5-6-14(12)20-15/h4-7,9-10,17,19H,3,8H2,1-2H3. The molecule has 0 saturated heterocycles. The van der Waals surface area contributed by atoms with Crippen LogP contribution in [-0.4, -0.2) is 6.54 Å². The Kier molecular flexibility index (Phi) is 4.08. The van der Waals surface area contributed by atoms with E-state index >= 15 is 0 Å². The maximum atomic E-state index is 13.3. The Labute approximate surface area is 127 Å². The van der Waals surface area contributed by atoms with Gasteiger partial charge in [-0.2, -0.15) is 0 Å². The van der Waals surface area contributed by atoms with Crippen molar-refractivity contribution in [3.05, 3.63) is 57.7 Å². The molecule has 110 valence electrons. The number of aryl methyl sites for hydroxylation is 1. The summed E-state index contributed by atoms with van der Waals surface area (Å²) in [7, 11) is 0. The average Bonchev–Trinajstić information content (AvgIpc) is 3.05. The summed E-state index contributed by atoms with van der Waals surface area (Å²) in [5.41, 5.74) is 0.725. The SMILES string of the molecule is CCCNC(c1cc2cc(F)ccc2o1)c1ccc(C)s1. The Balaban J connectivity index is 2.00. The van der Waals surface area contributed by atoms with Crippen LogP contribution in [0.5, 0.6) is 0 Å². The molecular weight excluding hydrogens is 285 g/mol. The van der Waals surface area contributed by atoms with Gasteiger partial charge in [0.05, 0.1) is 0 Å². The highest BCUT2D eigenvalue weighted by Gasteiger charge is 2.19. The normalized spacial score (nSPS) is 12.9. The lowest BCUT2D eigenvalue weighted by Crippen LogP contribution is -2.21. The molecular formula is C17H18FNOS. The van der Waals surface area contributed by atoms with Crippen LogP contribution in [0.15, 0.2) is 40.8 Å². The zero-order chi connectivity index (χ0) is 14.8. The number of halogens is 1. The number of rotatable bonds is 5. The monoisotopic (exact) mass is 303 g/mol. The first-order valence-corrected chi connectivity index (χ1v) is 7.97. The Morgan fingerprint density at radius 3 is 2.81 bits per heavy atom. The van der Waals surface area contributed by atoms with Crippen molar-refractivity contribution in [3.63, 3.8) is 0 Å². The van der Waals surface area contributed by atoms with E-state index in [1.54, 1.807) is 17.4 Å². The fourth-order valence-corrected chi connectivity index (χ4v) is 3.38. The molecule has 1 N–H and O–H groups in total. The zero-order valence-electron chi connectivity index (χ0n) is 12.2. The summed E-state index contributed by atoms with van der Waals surface area (Å²) >= 11 is 1.76. The van der Waals surface area contributed by atoms with E-state index in [0.29, 0.717) is 0 Å². The molecule has 1 aromatic carbocycles. The van der Waals surface area contributed by atoms with Gasteiger partial charge in [0.1, 0.15) is 23.2 Å². The van der Waals surface area contributed by atoms with Crippen LogP contribution in [0.4, 0.5) is 4.39 Å². The van der Waals surface area contributed by atoms with E-state index in [1.807, 2.05) is 6.07 Å². The minimum Gasteiger partial charge on any atom is -0.459 e. The van der Waals surface area contributed by atoms with Crippen molar-refractivity contribution in [1.29, 1.82) is 0 Å². The third kappa shape index (κ3) is 3.01. The first kappa shape index (κ1) is 14.3. The molecule has 21 heavy (non-hydrogen) atoms. The van der Waals surface area contributed by atoms with Crippen LogP contribution < -0.4 is 5.32 Å². The Morgan fingerprint density at radius 2 is 2.10 bits per heavy atom. The topological polar surface area (TPSA) is 25.2 Å². The van der Waals surface area contributed by atoms with Gasteiger partial charge in [0.15, 0.2) is 0 Å². The Hall–Kier alpha value is -1.65. The summed E-state index contributed by atoms with van der Waals surface area (Å²) in [5.74, 6) is 0.603. The summed E-state index contributed by atoms with van der Waals surface area (Å²) in [5, 5.41) is 4.32. The third-order valence-electron chi connectivity index (χ3n) is 3.43. The number of furan rings is 1. The minimum atomic E-state index is -0.236. The van der Waals surface area contributed by atoms with Crippen LogP contribution in [-0.2, 0) is 0 Å². The maximum Gasteiger partial charge on any atom is 0.134 e. The average molecular weight is 303 g/mol. The smallest absolute Gasteiger partial charge is 0.134 e. The van der Waals surface area contributed by atoms with E-state index < -0.39 is 0 Å². The van der Waals surface area contributed by atoms with Crippen molar-refractivity contribution in [2.45, 2.75) is 26.3 Å². The van der Waals surface area contributed by atoms with E-state index in [0.717, 1.165) is 29.7 Å². The summed E-state index contributed by atoms with van der Waals surface area (Å²) in [6.07, 6.45) is 1.05. The van der Waals surface area contributed by atoms with E-state index in [4.69, 9.17) is 4.42 Å². The molecule has 3 aromatic rings. The van der Waals surface area contributed by atoms with Gasteiger partial charge in [-0.15, -0.1) is 11.3 Å². The molecule has 2 heterocycles. The van der Waals surface area contributed by atoms with Gasteiger partial charge in [-0.1, -0.05) is 6.92 Å². The van der Waals surface area contributed by atoms with E-state index in [1.165, 1.54) is 21.9 Å². The van der Waals surface area contributed by atoms with Gasteiger partial charge in [-0.05, 0) is 56.3 Å². The zero-order valence-corrected chi connectivity index (χ0v) is 13.0. The third-order valence-corrected chi connectivity index (χ3v) is 4.49. The highest BCUT2D eigenvalue weighted by Crippen LogP contribution is 2.32. The van der Waals surface area contributed by atoms with Crippen LogP contribution in [0.3, 0.4) is 0 Å². The second-order valence-electron chi connectivity index (χ2n) is 5.17. The lowest BCUT2D eigenvalue weighted by atomic mass is 10.1. The van der Waals surface area contributed by atoms with Crippen LogP contribution in [0.1, 0.15) is 34.9 Å². The van der Waals surface area contributed by atoms with Crippen LogP contribution >= 0.6 is 11.3 Å². The summed E-state index contributed by atoms with van der Waals surface area (Å²) in [6.45, 7) is 5.14. The molecule has 0 radical (unpaired) electrons. The quantitative estimate of drug-likeness (QED) is 0.715. The second kappa shape index (κ2) is 6.00. The van der Waals surface area contributed by atoms with E-state index in [-0.39, 0.29) is 11.9 Å². The van der Waals surface area contributed by atoms with Crippen LogP contribution in [0.2, 0.25) is 0 Å². The molecule has 3 rings (SSSR count). The molecule has 2 aromatic heterocycles. The molecule has 0 amide bonds. The van der Waals surface area contributed by atoms with Gasteiger partial charge in [0, 0.05) is 15.1 Å². The molecule has 0 spiro atoms. The fraction of sp³-hybridized carbons (Fsp3) is 0.294. The molecule has 0 aliphatic heterocycles. The highest BCUT2D eigenvalue weighted by molar-refractivity contribution is 7.12. The van der Waals surface area contributed by atoms with Crippen LogP contribution in [0.25, 0.3) is 11.0 Å². The largest absolute Gasteiger partial charge is 0.459 e. The van der Waals surface area contributed by atoms with Gasteiger partial charge < -0.3 is 9.73 Å². The van der Waals surface area contributed by atoms with Crippen molar-refractivity contribution in [2.24, 2.45) is 0 Å². The first-order valence-electron chi connectivity index (χ1n) is 7.16. The molecule has 0 aliphatic rings. The molecule has 0 bridgehead atoms. The lowest BCUT2D eigenvalue weighted by Gasteiger charge is -2.14. The van der Waals surface area contributed by atoms with Crippen LogP contribution in [0, 0.1) is 12.7 Å². The van der Waals surface area contributed by atoms with Crippen molar-refractivity contribution in [2.75, 3.05) is 6.54 Å². The lowest BCUT2D eigenvalue weighted by molar-refractivity contribution is 0.473. The fourth-order valence-electron chi connectivity index (χ4n) is 2.42. The van der Waals surface area contributed by atoms with Gasteiger partial charge in [0.2, 0.25) is 0 Å².